The molecule has 0 aromatic carbocycles. The highest BCUT2D eigenvalue weighted by molar-refractivity contribution is 7.18. The zero-order valence-corrected chi connectivity index (χ0v) is 17.6. The number of anilines is 2. The minimum absolute atomic E-state index is 0.212. The van der Waals surface area contributed by atoms with Crippen molar-refractivity contribution in [3.63, 3.8) is 0 Å². The summed E-state index contributed by atoms with van der Waals surface area (Å²) in [5.41, 5.74) is 2.46. The number of urea groups is 1. The van der Waals surface area contributed by atoms with E-state index in [0.29, 0.717) is 16.9 Å². The summed E-state index contributed by atoms with van der Waals surface area (Å²) in [5, 5.41) is 23.7. The number of rotatable bonds is 5. The number of methoxy groups -OCH3 is 1. The molecule has 156 valence electrons. The van der Waals surface area contributed by atoms with Crippen LogP contribution in [0.25, 0.3) is 16.2 Å². The average Bonchev–Trinajstić information content (AvgIpc) is 3.42. The van der Waals surface area contributed by atoms with E-state index in [2.05, 4.69) is 35.8 Å². The van der Waals surface area contributed by atoms with Crippen LogP contribution in [0.4, 0.5) is 16.2 Å². The monoisotopic (exact) mass is 435 g/mol. The van der Waals surface area contributed by atoms with Crippen LogP contribution in [0.5, 0.6) is 0 Å². The third-order valence-electron chi connectivity index (χ3n) is 4.43. The molecule has 4 heterocycles. The molecule has 1 atom stereocenters. The van der Waals surface area contributed by atoms with E-state index in [1.165, 1.54) is 40.8 Å². The molecule has 0 fully saturated rings. The van der Waals surface area contributed by atoms with Crippen LogP contribution in [0.2, 0.25) is 0 Å². The van der Waals surface area contributed by atoms with Gasteiger partial charge in [0.25, 0.3) is 0 Å². The van der Waals surface area contributed by atoms with E-state index in [9.17, 15) is 10.1 Å². The molecule has 0 bridgehead atoms. The molecule has 0 radical (unpaired) electrons. The minimum Gasteiger partial charge on any atom is -0.377 e. The number of hydrogen-bond acceptors (Lipinski definition) is 9. The summed E-state index contributed by atoms with van der Waals surface area (Å²) in [6.07, 6.45) is 5.65. The van der Waals surface area contributed by atoms with E-state index >= 15 is 0 Å². The number of aryl methyl sites for hydroxylation is 1. The Hall–Kier alpha value is -3.95. The number of nitrogens with one attached hydrogen (secondary N) is 2. The first-order valence-corrected chi connectivity index (χ1v) is 9.95. The van der Waals surface area contributed by atoms with Crippen LogP contribution in [0.1, 0.15) is 29.2 Å². The first-order valence-electron chi connectivity index (χ1n) is 9.13. The highest BCUT2D eigenvalue weighted by Gasteiger charge is 2.20. The fourth-order valence-corrected chi connectivity index (χ4v) is 3.78. The standard InChI is InChI=1S/C19H17N9O2S/c1-10(30-3)15-14(9-22-18-16(15)25-11(2)31-18)27-19(29)26-13-6-12(7-20)17(21-8-13)28-23-4-5-24-28/h4-6,8-10H,1-3H3,(H2,26,27,29). The molecule has 4 aromatic rings. The van der Waals surface area contributed by atoms with Gasteiger partial charge in [-0.25, -0.2) is 19.7 Å². The van der Waals surface area contributed by atoms with Gasteiger partial charge in [-0.2, -0.15) is 15.5 Å². The molecule has 0 spiro atoms. The maximum atomic E-state index is 12.7. The largest absolute Gasteiger partial charge is 0.377 e. The Kier molecular flexibility index (Phi) is 5.52. The molecule has 2 N–H and O–H groups in total. The Balaban J connectivity index is 1.59. The molecule has 0 aliphatic carbocycles. The van der Waals surface area contributed by atoms with Crippen LogP contribution < -0.4 is 10.6 Å². The lowest BCUT2D eigenvalue weighted by molar-refractivity contribution is 0.121. The number of nitrogens with zero attached hydrogens (tertiary/aromatic N) is 7. The first-order chi connectivity index (χ1) is 15.0. The maximum absolute atomic E-state index is 12.7. The summed E-state index contributed by atoms with van der Waals surface area (Å²) in [5.74, 6) is 0.267. The van der Waals surface area contributed by atoms with E-state index in [-0.39, 0.29) is 17.5 Å². The Labute approximate surface area is 180 Å². The number of pyridine rings is 2. The van der Waals surface area contributed by atoms with Crippen molar-refractivity contribution in [3.05, 3.63) is 47.0 Å². The maximum Gasteiger partial charge on any atom is 0.323 e. The zero-order chi connectivity index (χ0) is 22.0. The fraction of sp³-hybridized carbons (Fsp3) is 0.211. The lowest BCUT2D eigenvalue weighted by Gasteiger charge is -2.16. The molecular formula is C19H17N9O2S. The van der Waals surface area contributed by atoms with Gasteiger partial charge >= 0.3 is 6.03 Å². The normalized spacial score (nSPS) is 11.8. The number of hydrogen-bond donors (Lipinski definition) is 2. The predicted octanol–water partition coefficient (Wildman–Crippen LogP) is 3.20. The molecule has 31 heavy (non-hydrogen) atoms. The van der Waals surface area contributed by atoms with Crippen LogP contribution in [0.15, 0.2) is 30.9 Å². The fourth-order valence-electron chi connectivity index (χ4n) is 3.01. The van der Waals surface area contributed by atoms with E-state index in [4.69, 9.17) is 4.74 Å². The Morgan fingerprint density at radius 3 is 2.74 bits per heavy atom. The molecule has 4 aromatic heterocycles. The molecule has 4 rings (SSSR count). The van der Waals surface area contributed by atoms with Crippen LogP contribution in [-0.2, 0) is 4.74 Å². The summed E-state index contributed by atoms with van der Waals surface area (Å²) in [6, 6.07) is 3.01. The Bertz CT molecular complexity index is 1290. The summed E-state index contributed by atoms with van der Waals surface area (Å²) < 4.78 is 5.48. The Morgan fingerprint density at radius 1 is 1.26 bits per heavy atom. The van der Waals surface area contributed by atoms with Crippen LogP contribution in [-0.4, -0.2) is 43.1 Å². The van der Waals surface area contributed by atoms with Gasteiger partial charge in [-0.05, 0) is 19.9 Å². The number of nitriles is 1. The van der Waals surface area contributed by atoms with Crippen molar-refractivity contribution in [2.24, 2.45) is 0 Å². The topological polar surface area (TPSA) is 144 Å². The van der Waals surface area contributed by atoms with Crippen LogP contribution in [0, 0.1) is 18.3 Å². The molecule has 11 nitrogen and oxygen atoms in total. The second-order valence-electron chi connectivity index (χ2n) is 6.45. The zero-order valence-electron chi connectivity index (χ0n) is 16.8. The number of aromatic nitrogens is 6. The quantitative estimate of drug-likeness (QED) is 0.486. The van der Waals surface area contributed by atoms with Crippen molar-refractivity contribution in [2.75, 3.05) is 17.7 Å². The lowest BCUT2D eigenvalue weighted by Crippen LogP contribution is -2.21. The van der Waals surface area contributed by atoms with Gasteiger partial charge in [0, 0.05) is 12.7 Å². The van der Waals surface area contributed by atoms with Crippen molar-refractivity contribution in [1.82, 2.24) is 29.9 Å². The summed E-state index contributed by atoms with van der Waals surface area (Å²) in [4.78, 5) is 27.8. The Morgan fingerprint density at radius 2 is 2.03 bits per heavy atom. The van der Waals surface area contributed by atoms with Crippen molar-refractivity contribution in [3.8, 4) is 11.9 Å². The van der Waals surface area contributed by atoms with Gasteiger partial charge in [-0.3, -0.25) is 0 Å². The number of amides is 2. The molecule has 0 aliphatic rings. The van der Waals surface area contributed by atoms with Gasteiger partial charge in [0.15, 0.2) is 5.82 Å². The second kappa shape index (κ2) is 8.42. The van der Waals surface area contributed by atoms with Gasteiger partial charge in [-0.1, -0.05) is 11.3 Å². The SMILES string of the molecule is COC(C)c1c(NC(=O)Nc2cnc(-n3nccn3)c(C#N)c2)cnc2sc(C)nc12. The molecule has 12 heteroatoms. The molecule has 0 saturated carbocycles. The third-order valence-corrected chi connectivity index (χ3v) is 5.31. The van der Waals surface area contributed by atoms with Crippen molar-refractivity contribution in [2.45, 2.75) is 20.0 Å². The van der Waals surface area contributed by atoms with Gasteiger partial charge in [0.2, 0.25) is 0 Å². The van der Waals surface area contributed by atoms with Crippen molar-refractivity contribution < 1.29 is 9.53 Å². The molecule has 0 aliphatic heterocycles. The molecule has 1 unspecified atom stereocenters. The molecule has 2 amide bonds. The highest BCUT2D eigenvalue weighted by Crippen LogP contribution is 2.33. The lowest BCUT2D eigenvalue weighted by atomic mass is 10.1. The van der Waals surface area contributed by atoms with Crippen LogP contribution >= 0.6 is 11.3 Å². The van der Waals surface area contributed by atoms with Gasteiger partial charge in [-0.15, -0.1) is 4.80 Å². The number of carbonyl (C=O) groups excluding carboxylic acids is 1. The summed E-state index contributed by atoms with van der Waals surface area (Å²) in [6.45, 7) is 3.77. The van der Waals surface area contributed by atoms with E-state index in [1.807, 2.05) is 19.9 Å². The second-order valence-corrected chi connectivity index (χ2v) is 7.64. The van der Waals surface area contributed by atoms with E-state index in [0.717, 1.165) is 15.4 Å². The summed E-state index contributed by atoms with van der Waals surface area (Å²) >= 11 is 1.47. The molecular weight excluding hydrogens is 418 g/mol. The number of ether oxygens (including phenoxy) is 1. The van der Waals surface area contributed by atoms with Gasteiger partial charge in [0.1, 0.15) is 22.0 Å². The number of fused-ring (bicyclic) bond motifs is 1. The summed E-state index contributed by atoms with van der Waals surface area (Å²) in [7, 11) is 1.59. The van der Waals surface area contributed by atoms with Crippen molar-refractivity contribution in [1.29, 1.82) is 5.26 Å². The smallest absolute Gasteiger partial charge is 0.323 e. The van der Waals surface area contributed by atoms with E-state index < -0.39 is 6.03 Å². The van der Waals surface area contributed by atoms with E-state index in [1.54, 1.807) is 13.3 Å². The average molecular weight is 435 g/mol. The van der Waals surface area contributed by atoms with Gasteiger partial charge in [0.05, 0.1) is 47.3 Å². The minimum atomic E-state index is -0.520. The third kappa shape index (κ3) is 4.04. The number of thiazole rings is 1. The predicted molar refractivity (Wildman–Crippen MR) is 114 cm³/mol. The van der Waals surface area contributed by atoms with Crippen molar-refractivity contribution >= 4 is 39.1 Å². The molecule has 0 saturated heterocycles. The first kappa shape index (κ1) is 20.3. The van der Waals surface area contributed by atoms with Gasteiger partial charge < -0.3 is 15.4 Å². The number of carbonyl (C=O) groups is 1. The highest BCUT2D eigenvalue weighted by atomic mass is 32.1. The van der Waals surface area contributed by atoms with Crippen LogP contribution in [0.3, 0.4) is 0 Å².